The van der Waals surface area contributed by atoms with Crippen LogP contribution in [0, 0.1) is 0 Å². The van der Waals surface area contributed by atoms with E-state index in [4.69, 9.17) is 15.2 Å². The van der Waals surface area contributed by atoms with Gasteiger partial charge in [0, 0.05) is 18.7 Å². The van der Waals surface area contributed by atoms with Gasteiger partial charge in [-0.15, -0.1) is 0 Å². The minimum Gasteiger partial charge on any atom is -0.497 e. The lowest BCUT2D eigenvalue weighted by molar-refractivity contribution is -0.123. The molecular weight excluding hydrogens is 232 g/mol. The number of methoxy groups -OCH3 is 1. The van der Waals surface area contributed by atoms with Gasteiger partial charge in [-0.05, 0) is 18.6 Å². The minimum absolute atomic E-state index is 0.00593. The predicted molar refractivity (Wildman–Crippen MR) is 69.8 cm³/mol. The van der Waals surface area contributed by atoms with Crippen molar-refractivity contribution in [2.45, 2.75) is 19.4 Å². The zero-order valence-electron chi connectivity index (χ0n) is 10.8. The molecule has 0 heterocycles. The van der Waals surface area contributed by atoms with Crippen molar-refractivity contribution in [1.29, 1.82) is 0 Å². The molecule has 1 rings (SSSR count). The molecule has 0 aliphatic heterocycles. The molecule has 0 fully saturated rings. The maximum absolute atomic E-state index is 11.6. The van der Waals surface area contributed by atoms with Crippen LogP contribution in [0.3, 0.4) is 0 Å². The standard InChI is InChI=1S/C13H20N2O3/c1-3-10(8-14)15-13(16)9-18-12-6-4-5-11(7-12)17-2/h4-7,10H,3,8-9,14H2,1-2H3,(H,15,16). The van der Waals surface area contributed by atoms with E-state index in [9.17, 15) is 4.79 Å². The Hall–Kier alpha value is -1.75. The number of carbonyl (C=O) groups excluding carboxylic acids is 1. The van der Waals surface area contributed by atoms with Gasteiger partial charge in [0.25, 0.3) is 5.91 Å². The Morgan fingerprint density at radius 3 is 2.78 bits per heavy atom. The Kier molecular flexibility index (Phi) is 6.00. The molecule has 0 bridgehead atoms. The van der Waals surface area contributed by atoms with Crippen LogP contribution in [-0.2, 0) is 4.79 Å². The van der Waals surface area contributed by atoms with E-state index in [1.807, 2.05) is 13.0 Å². The van der Waals surface area contributed by atoms with Crippen LogP contribution in [0.2, 0.25) is 0 Å². The first-order valence-corrected chi connectivity index (χ1v) is 5.95. The number of nitrogens with one attached hydrogen (secondary N) is 1. The topological polar surface area (TPSA) is 73.6 Å². The van der Waals surface area contributed by atoms with Gasteiger partial charge in [0.1, 0.15) is 11.5 Å². The first-order valence-electron chi connectivity index (χ1n) is 5.95. The summed E-state index contributed by atoms with van der Waals surface area (Å²) in [5.41, 5.74) is 5.50. The van der Waals surface area contributed by atoms with Crippen molar-refractivity contribution in [1.82, 2.24) is 5.32 Å². The van der Waals surface area contributed by atoms with Crippen LogP contribution in [-0.4, -0.2) is 32.2 Å². The molecular formula is C13H20N2O3. The van der Waals surface area contributed by atoms with Gasteiger partial charge in [0.2, 0.25) is 0 Å². The third-order valence-electron chi connectivity index (χ3n) is 2.55. The first-order chi connectivity index (χ1) is 8.69. The Labute approximate surface area is 107 Å². The Balaban J connectivity index is 2.42. The van der Waals surface area contributed by atoms with Crippen LogP contribution < -0.4 is 20.5 Å². The normalized spacial score (nSPS) is 11.7. The highest BCUT2D eigenvalue weighted by molar-refractivity contribution is 5.77. The van der Waals surface area contributed by atoms with Crippen molar-refractivity contribution in [2.24, 2.45) is 5.73 Å². The van der Waals surface area contributed by atoms with E-state index in [-0.39, 0.29) is 18.6 Å². The molecule has 3 N–H and O–H groups in total. The molecule has 1 aromatic carbocycles. The SMILES string of the molecule is CCC(CN)NC(=O)COc1cccc(OC)c1. The van der Waals surface area contributed by atoms with E-state index in [2.05, 4.69) is 5.32 Å². The summed E-state index contributed by atoms with van der Waals surface area (Å²) in [4.78, 5) is 11.6. The lowest BCUT2D eigenvalue weighted by atomic mass is 10.2. The lowest BCUT2D eigenvalue weighted by Gasteiger charge is -2.14. The Bertz CT molecular complexity index is 378. The summed E-state index contributed by atoms with van der Waals surface area (Å²) in [6.45, 7) is 2.38. The molecule has 0 saturated carbocycles. The van der Waals surface area contributed by atoms with E-state index in [1.165, 1.54) is 0 Å². The molecule has 18 heavy (non-hydrogen) atoms. The summed E-state index contributed by atoms with van der Waals surface area (Å²) < 4.78 is 10.4. The number of hydrogen-bond acceptors (Lipinski definition) is 4. The molecule has 0 aliphatic carbocycles. The second-order valence-electron chi connectivity index (χ2n) is 3.88. The average molecular weight is 252 g/mol. The zero-order chi connectivity index (χ0) is 13.4. The fraction of sp³-hybridized carbons (Fsp3) is 0.462. The quantitative estimate of drug-likeness (QED) is 0.757. The molecule has 1 aromatic rings. The van der Waals surface area contributed by atoms with Crippen LogP contribution in [0.15, 0.2) is 24.3 Å². The van der Waals surface area contributed by atoms with Crippen molar-refractivity contribution < 1.29 is 14.3 Å². The van der Waals surface area contributed by atoms with Gasteiger partial charge in [0.15, 0.2) is 6.61 Å². The molecule has 5 nitrogen and oxygen atoms in total. The minimum atomic E-state index is -0.171. The van der Waals surface area contributed by atoms with E-state index in [1.54, 1.807) is 25.3 Å². The van der Waals surface area contributed by atoms with Crippen molar-refractivity contribution in [3.63, 3.8) is 0 Å². The maximum Gasteiger partial charge on any atom is 0.258 e. The molecule has 1 atom stereocenters. The van der Waals surface area contributed by atoms with E-state index in [0.29, 0.717) is 18.0 Å². The van der Waals surface area contributed by atoms with E-state index < -0.39 is 0 Å². The van der Waals surface area contributed by atoms with Gasteiger partial charge in [-0.2, -0.15) is 0 Å². The van der Waals surface area contributed by atoms with Crippen molar-refractivity contribution >= 4 is 5.91 Å². The predicted octanol–water partition coefficient (Wildman–Crippen LogP) is 0.928. The van der Waals surface area contributed by atoms with Crippen LogP contribution in [0.4, 0.5) is 0 Å². The molecule has 0 aliphatic rings. The van der Waals surface area contributed by atoms with E-state index in [0.717, 1.165) is 6.42 Å². The average Bonchev–Trinajstić information content (AvgIpc) is 2.42. The smallest absolute Gasteiger partial charge is 0.258 e. The van der Waals surface area contributed by atoms with Crippen molar-refractivity contribution in [3.05, 3.63) is 24.3 Å². The van der Waals surface area contributed by atoms with Crippen LogP contribution in [0.1, 0.15) is 13.3 Å². The van der Waals surface area contributed by atoms with Crippen LogP contribution >= 0.6 is 0 Å². The summed E-state index contributed by atoms with van der Waals surface area (Å²) in [5.74, 6) is 1.13. The van der Waals surface area contributed by atoms with Gasteiger partial charge in [-0.1, -0.05) is 13.0 Å². The van der Waals surface area contributed by atoms with Crippen molar-refractivity contribution in [2.75, 3.05) is 20.3 Å². The fourth-order valence-electron chi connectivity index (χ4n) is 1.44. The van der Waals surface area contributed by atoms with Gasteiger partial charge in [-0.3, -0.25) is 4.79 Å². The third kappa shape index (κ3) is 4.63. The monoisotopic (exact) mass is 252 g/mol. The van der Waals surface area contributed by atoms with Crippen molar-refractivity contribution in [3.8, 4) is 11.5 Å². The van der Waals surface area contributed by atoms with Gasteiger partial charge in [0.05, 0.1) is 7.11 Å². The number of hydrogen-bond donors (Lipinski definition) is 2. The van der Waals surface area contributed by atoms with E-state index >= 15 is 0 Å². The fourth-order valence-corrected chi connectivity index (χ4v) is 1.44. The summed E-state index contributed by atoms with van der Waals surface area (Å²) in [5, 5.41) is 2.80. The number of amides is 1. The summed E-state index contributed by atoms with van der Waals surface area (Å²) >= 11 is 0. The summed E-state index contributed by atoms with van der Waals surface area (Å²) in [7, 11) is 1.58. The number of ether oxygens (including phenoxy) is 2. The third-order valence-corrected chi connectivity index (χ3v) is 2.55. The molecule has 0 spiro atoms. The van der Waals surface area contributed by atoms with Gasteiger partial charge < -0.3 is 20.5 Å². The molecule has 0 saturated heterocycles. The Morgan fingerprint density at radius 2 is 2.17 bits per heavy atom. The number of carbonyl (C=O) groups is 1. The largest absolute Gasteiger partial charge is 0.497 e. The molecule has 5 heteroatoms. The summed E-state index contributed by atoms with van der Waals surface area (Å²) in [6.07, 6.45) is 0.807. The lowest BCUT2D eigenvalue weighted by Crippen LogP contribution is -2.41. The van der Waals surface area contributed by atoms with Gasteiger partial charge in [-0.25, -0.2) is 0 Å². The summed E-state index contributed by atoms with van der Waals surface area (Å²) in [6, 6.07) is 7.13. The highest BCUT2D eigenvalue weighted by Crippen LogP contribution is 2.18. The highest BCUT2D eigenvalue weighted by Gasteiger charge is 2.09. The molecule has 0 radical (unpaired) electrons. The van der Waals surface area contributed by atoms with Crippen LogP contribution in [0.25, 0.3) is 0 Å². The number of nitrogens with two attached hydrogens (primary N) is 1. The Morgan fingerprint density at radius 1 is 1.44 bits per heavy atom. The van der Waals surface area contributed by atoms with Crippen LogP contribution in [0.5, 0.6) is 11.5 Å². The molecule has 1 amide bonds. The first kappa shape index (κ1) is 14.3. The molecule has 100 valence electrons. The highest BCUT2D eigenvalue weighted by atomic mass is 16.5. The zero-order valence-corrected chi connectivity index (χ0v) is 10.8. The molecule has 0 aromatic heterocycles. The second-order valence-corrected chi connectivity index (χ2v) is 3.88. The second kappa shape index (κ2) is 7.55. The van der Waals surface area contributed by atoms with Gasteiger partial charge >= 0.3 is 0 Å². The number of benzene rings is 1. The number of rotatable bonds is 7. The molecule has 1 unspecified atom stereocenters. The maximum atomic E-state index is 11.6.